The van der Waals surface area contributed by atoms with Crippen LogP contribution < -0.4 is 4.74 Å². The smallest absolute Gasteiger partial charge is 0.163 e. The third kappa shape index (κ3) is 3.86. The predicted octanol–water partition coefficient (Wildman–Crippen LogP) is 4.00. The van der Waals surface area contributed by atoms with Gasteiger partial charge in [-0.25, -0.2) is 0 Å². The molecule has 2 N–H and O–H groups in total. The predicted molar refractivity (Wildman–Crippen MR) is 86.6 cm³/mol. The van der Waals surface area contributed by atoms with Crippen molar-refractivity contribution in [2.45, 2.75) is 12.5 Å². The minimum absolute atomic E-state index is 0.0458. The van der Waals surface area contributed by atoms with Crippen molar-refractivity contribution in [1.82, 2.24) is 0 Å². The van der Waals surface area contributed by atoms with Gasteiger partial charge in [-0.2, -0.15) is 0 Å². The maximum Gasteiger partial charge on any atom is 0.163 e. The molecule has 0 aliphatic heterocycles. The highest BCUT2D eigenvalue weighted by Gasteiger charge is 2.15. The van der Waals surface area contributed by atoms with E-state index < -0.39 is 6.10 Å². The summed E-state index contributed by atoms with van der Waals surface area (Å²) < 4.78 is 6.57. The van der Waals surface area contributed by atoms with Gasteiger partial charge in [-0.3, -0.25) is 0 Å². The highest BCUT2D eigenvalue weighted by Crippen LogP contribution is 2.35. The average Bonchev–Trinajstić information content (AvgIpc) is 2.50. The molecule has 0 aromatic heterocycles. The third-order valence-corrected chi connectivity index (χ3v) is 3.84. The number of phenols is 1. The number of aliphatic hydroxyl groups is 1. The van der Waals surface area contributed by atoms with Gasteiger partial charge in [0.1, 0.15) is 6.10 Å². The summed E-state index contributed by atoms with van der Waals surface area (Å²) in [5.74, 6) is 0.377. The molecule has 0 bridgehead atoms. The van der Waals surface area contributed by atoms with Crippen molar-refractivity contribution in [3.05, 3.63) is 70.7 Å². The van der Waals surface area contributed by atoms with E-state index in [0.29, 0.717) is 12.2 Å². The molecule has 4 heteroatoms. The van der Waals surface area contributed by atoms with Crippen molar-refractivity contribution >= 4 is 15.9 Å². The van der Waals surface area contributed by atoms with Gasteiger partial charge in [-0.05, 0) is 29.7 Å². The summed E-state index contributed by atoms with van der Waals surface area (Å²) in [5, 5.41) is 19.6. The lowest BCUT2D eigenvalue weighted by atomic mass is 10.1. The fraction of sp³-hybridized carbons (Fsp3) is 0.176. The number of hydrogen-bond acceptors (Lipinski definition) is 3. The van der Waals surface area contributed by atoms with Crippen molar-refractivity contribution in [1.29, 1.82) is 0 Å². The average molecular weight is 349 g/mol. The lowest BCUT2D eigenvalue weighted by Crippen LogP contribution is -2.12. The molecular weight excluding hydrogens is 332 g/mol. The second-order valence-electron chi connectivity index (χ2n) is 4.60. The van der Waals surface area contributed by atoms with Crippen LogP contribution in [0, 0.1) is 0 Å². The first-order valence-corrected chi connectivity index (χ1v) is 7.39. The Bertz CT molecular complexity index is 611. The number of aromatic hydroxyl groups is 1. The zero-order valence-electron chi connectivity index (χ0n) is 11.5. The molecule has 0 spiro atoms. The highest BCUT2D eigenvalue weighted by atomic mass is 79.9. The van der Waals surface area contributed by atoms with E-state index in [9.17, 15) is 10.2 Å². The molecular formula is C17H17BrO3. The summed E-state index contributed by atoms with van der Waals surface area (Å²) in [4.78, 5) is 0. The van der Waals surface area contributed by atoms with Crippen LogP contribution >= 0.6 is 15.9 Å². The van der Waals surface area contributed by atoms with E-state index in [-0.39, 0.29) is 12.4 Å². The van der Waals surface area contributed by atoms with Crippen LogP contribution in [-0.2, 0) is 6.42 Å². The van der Waals surface area contributed by atoms with E-state index in [0.717, 1.165) is 15.6 Å². The Hall–Kier alpha value is -1.78. The molecule has 3 nitrogen and oxygen atoms in total. The minimum atomic E-state index is -0.519. The van der Waals surface area contributed by atoms with Crippen LogP contribution in [0.2, 0.25) is 0 Å². The number of phenolic OH excluding ortho intramolecular Hbond substituents is 1. The van der Waals surface area contributed by atoms with Crippen LogP contribution in [0.15, 0.2) is 59.6 Å². The Morgan fingerprint density at radius 1 is 1.24 bits per heavy atom. The topological polar surface area (TPSA) is 49.7 Å². The molecule has 0 aliphatic rings. The van der Waals surface area contributed by atoms with Crippen LogP contribution in [0.25, 0.3) is 0 Å². The van der Waals surface area contributed by atoms with Crippen LogP contribution in [-0.4, -0.2) is 16.8 Å². The summed E-state index contributed by atoms with van der Waals surface area (Å²) in [7, 11) is 0. The molecule has 21 heavy (non-hydrogen) atoms. The molecule has 0 fully saturated rings. The Balaban J connectivity index is 2.26. The van der Waals surface area contributed by atoms with Gasteiger partial charge in [0.2, 0.25) is 0 Å². The van der Waals surface area contributed by atoms with E-state index in [2.05, 4.69) is 22.5 Å². The van der Waals surface area contributed by atoms with E-state index in [1.807, 2.05) is 30.3 Å². The van der Waals surface area contributed by atoms with Gasteiger partial charge in [0.05, 0.1) is 6.61 Å². The number of aliphatic hydroxyl groups excluding tert-OH is 1. The van der Waals surface area contributed by atoms with Gasteiger partial charge in [-0.15, -0.1) is 6.58 Å². The molecule has 0 radical (unpaired) electrons. The highest BCUT2D eigenvalue weighted by molar-refractivity contribution is 9.10. The molecule has 2 rings (SSSR count). The molecule has 0 aliphatic carbocycles. The maximum absolute atomic E-state index is 10.1. The van der Waals surface area contributed by atoms with Gasteiger partial charge in [-0.1, -0.05) is 52.3 Å². The summed E-state index contributed by atoms with van der Waals surface area (Å²) in [6.45, 7) is 3.51. The zero-order valence-corrected chi connectivity index (χ0v) is 13.1. The first-order valence-electron chi connectivity index (χ1n) is 6.60. The molecule has 110 valence electrons. The van der Waals surface area contributed by atoms with Crippen LogP contribution in [0.3, 0.4) is 0 Å². The third-order valence-electron chi connectivity index (χ3n) is 3.10. The fourth-order valence-corrected chi connectivity index (χ4v) is 2.51. The monoisotopic (exact) mass is 348 g/mol. The Morgan fingerprint density at radius 3 is 2.57 bits per heavy atom. The zero-order chi connectivity index (χ0) is 15.2. The number of ether oxygens (including phenoxy) is 1. The number of halogens is 1. The first-order chi connectivity index (χ1) is 10.2. The van der Waals surface area contributed by atoms with E-state index in [1.54, 1.807) is 18.2 Å². The van der Waals surface area contributed by atoms with Gasteiger partial charge in [0.15, 0.2) is 11.5 Å². The van der Waals surface area contributed by atoms with Crippen molar-refractivity contribution in [3.63, 3.8) is 0 Å². The molecule has 0 heterocycles. The largest absolute Gasteiger partial charge is 0.504 e. The Kier molecular flexibility index (Phi) is 5.42. The molecule has 0 saturated heterocycles. The molecule has 0 unspecified atom stereocenters. The number of allylic oxidation sites excluding steroid dienone is 1. The molecule has 2 aromatic carbocycles. The normalized spacial score (nSPS) is 11.9. The van der Waals surface area contributed by atoms with Crippen molar-refractivity contribution < 1.29 is 14.9 Å². The van der Waals surface area contributed by atoms with Gasteiger partial charge < -0.3 is 14.9 Å². The second kappa shape index (κ2) is 7.29. The number of benzene rings is 2. The van der Waals surface area contributed by atoms with Crippen molar-refractivity contribution in [3.8, 4) is 11.5 Å². The first kappa shape index (κ1) is 15.6. The number of hydrogen-bond donors (Lipinski definition) is 2. The van der Waals surface area contributed by atoms with Gasteiger partial charge in [0, 0.05) is 4.47 Å². The number of rotatable bonds is 6. The van der Waals surface area contributed by atoms with Gasteiger partial charge in [0.25, 0.3) is 0 Å². The van der Waals surface area contributed by atoms with Crippen LogP contribution in [0.4, 0.5) is 0 Å². The quantitative estimate of drug-likeness (QED) is 0.775. The van der Waals surface area contributed by atoms with E-state index >= 15 is 0 Å². The van der Waals surface area contributed by atoms with E-state index in [1.165, 1.54) is 0 Å². The van der Waals surface area contributed by atoms with E-state index in [4.69, 9.17) is 4.74 Å². The summed E-state index contributed by atoms with van der Waals surface area (Å²) >= 11 is 3.45. The van der Waals surface area contributed by atoms with Crippen molar-refractivity contribution in [2.75, 3.05) is 6.61 Å². The maximum atomic E-state index is 10.1. The fourth-order valence-electron chi connectivity index (χ4n) is 2.02. The lowest BCUT2D eigenvalue weighted by molar-refractivity contribution is 0.113. The molecule has 1 atom stereocenters. The van der Waals surface area contributed by atoms with Gasteiger partial charge >= 0.3 is 0 Å². The van der Waals surface area contributed by atoms with Crippen LogP contribution in [0.5, 0.6) is 11.5 Å². The molecule has 0 amide bonds. The standard InChI is InChI=1S/C17H17BrO3/c1-2-6-13-9-15(20)16(10-14(13)18)21-17(11-19)12-7-4-3-5-8-12/h2-5,7-10,17,19-20H,1,6,11H2/t17-/m0/s1. The Labute approximate surface area is 132 Å². The van der Waals surface area contributed by atoms with Crippen molar-refractivity contribution in [2.24, 2.45) is 0 Å². The lowest BCUT2D eigenvalue weighted by Gasteiger charge is -2.19. The SMILES string of the molecule is C=CCc1cc(O)c(O[C@@H](CO)c2ccccc2)cc1Br. The summed E-state index contributed by atoms with van der Waals surface area (Å²) in [6, 6.07) is 12.8. The summed E-state index contributed by atoms with van der Waals surface area (Å²) in [6.07, 6.45) is 1.89. The molecule has 0 saturated carbocycles. The molecule has 2 aromatic rings. The Morgan fingerprint density at radius 2 is 1.95 bits per heavy atom. The van der Waals surface area contributed by atoms with Crippen LogP contribution in [0.1, 0.15) is 17.2 Å². The second-order valence-corrected chi connectivity index (χ2v) is 5.46. The summed E-state index contributed by atoms with van der Waals surface area (Å²) in [5.41, 5.74) is 1.78. The minimum Gasteiger partial charge on any atom is -0.504 e.